The van der Waals surface area contributed by atoms with Gasteiger partial charge in [0.2, 0.25) is 5.96 Å². The molecule has 0 fully saturated rings. The quantitative estimate of drug-likeness (QED) is 0.184. The number of hydrogen-bond donors (Lipinski definition) is 3. The second kappa shape index (κ2) is 13.4. The fourth-order valence-corrected chi connectivity index (χ4v) is 4.14. The number of methoxy groups -OCH3 is 1. The maximum absolute atomic E-state index is 12.9. The zero-order chi connectivity index (χ0) is 27.9. The summed E-state index contributed by atoms with van der Waals surface area (Å²) in [6, 6.07) is 26.5. The van der Waals surface area contributed by atoms with Crippen molar-refractivity contribution >= 4 is 41.6 Å². The second-order valence-electron chi connectivity index (χ2n) is 9.38. The maximum atomic E-state index is 12.9. The largest absolute Gasteiger partial charge is 0.496 e. The van der Waals surface area contributed by atoms with E-state index in [4.69, 9.17) is 10.5 Å². The van der Waals surface area contributed by atoms with Crippen molar-refractivity contribution in [2.75, 3.05) is 12.4 Å². The number of rotatable bonds is 7. The molecule has 0 unspecified atom stereocenters. The molecule has 4 aromatic rings. The van der Waals surface area contributed by atoms with Crippen molar-refractivity contribution in [1.29, 1.82) is 0 Å². The molecule has 0 bridgehead atoms. The summed E-state index contributed by atoms with van der Waals surface area (Å²) < 4.78 is 5.36. The Labute approximate surface area is 240 Å². The summed E-state index contributed by atoms with van der Waals surface area (Å²) >= 11 is 0. The fraction of sp³-hybridized carbons (Fsp3) is 0.156. The molecule has 2 amide bonds. The van der Waals surface area contributed by atoms with Gasteiger partial charge in [-0.2, -0.15) is 0 Å². The lowest BCUT2D eigenvalue weighted by molar-refractivity contribution is 0.0975. The molecule has 0 aromatic heterocycles. The minimum Gasteiger partial charge on any atom is -0.496 e. The van der Waals surface area contributed by atoms with Crippen LogP contribution in [0.3, 0.4) is 0 Å². The number of hydrogen-bond acceptors (Lipinski definition) is 4. The summed E-state index contributed by atoms with van der Waals surface area (Å²) in [6.07, 6.45) is 0.803. The van der Waals surface area contributed by atoms with Crippen molar-refractivity contribution in [2.45, 2.75) is 27.2 Å². The van der Waals surface area contributed by atoms with Crippen molar-refractivity contribution < 1.29 is 14.3 Å². The van der Waals surface area contributed by atoms with Gasteiger partial charge in [0, 0.05) is 16.8 Å². The third-order valence-corrected chi connectivity index (χ3v) is 6.53. The molecule has 0 saturated carbocycles. The average molecular weight is 557 g/mol. The molecule has 0 aliphatic heterocycles. The predicted molar refractivity (Wildman–Crippen MR) is 163 cm³/mol. The highest BCUT2D eigenvalue weighted by atomic mass is 35.5. The van der Waals surface area contributed by atoms with Gasteiger partial charge < -0.3 is 15.8 Å². The number of nitrogens with two attached hydrogens (primary N) is 1. The van der Waals surface area contributed by atoms with E-state index in [0.29, 0.717) is 28.3 Å². The molecule has 0 heterocycles. The molecule has 40 heavy (non-hydrogen) atoms. The minimum absolute atomic E-state index is 0. The Hall–Kier alpha value is -4.62. The standard InChI is InChI=1S/C32H32N4O3.ClH/c1-20-10-15-27(34-32(33)36-31(38)26-16-21(2)22(3)29(18-26)39-4)19-28(20)35-30(37)25-13-11-24(12-14-25)17-23-8-6-5-7-9-23;/h5-16,18-19H,17H2,1-4H3,(H,35,37)(H3,33,34,36,38);1H. The van der Waals surface area contributed by atoms with E-state index in [-0.39, 0.29) is 24.3 Å². The van der Waals surface area contributed by atoms with Gasteiger partial charge in [-0.15, -0.1) is 12.4 Å². The average Bonchev–Trinajstić information content (AvgIpc) is 2.92. The summed E-state index contributed by atoms with van der Waals surface area (Å²) in [4.78, 5) is 30.0. The molecule has 0 saturated heterocycles. The van der Waals surface area contributed by atoms with Gasteiger partial charge in [0.15, 0.2) is 0 Å². The van der Waals surface area contributed by atoms with Crippen molar-refractivity contribution in [3.8, 4) is 5.75 Å². The Balaban J connectivity index is 0.00000441. The summed E-state index contributed by atoms with van der Waals surface area (Å²) in [5.41, 5.74) is 13.2. The fourth-order valence-electron chi connectivity index (χ4n) is 4.14. The maximum Gasteiger partial charge on any atom is 0.258 e. The van der Waals surface area contributed by atoms with Crippen LogP contribution in [0.2, 0.25) is 0 Å². The van der Waals surface area contributed by atoms with E-state index in [0.717, 1.165) is 28.7 Å². The number of nitrogens with one attached hydrogen (secondary N) is 2. The molecule has 4 aromatic carbocycles. The molecule has 0 spiro atoms. The van der Waals surface area contributed by atoms with Gasteiger partial charge in [-0.3, -0.25) is 14.9 Å². The number of ether oxygens (including phenoxy) is 1. The molecule has 0 radical (unpaired) electrons. The number of benzene rings is 4. The smallest absolute Gasteiger partial charge is 0.258 e. The van der Waals surface area contributed by atoms with Crippen molar-refractivity contribution in [2.24, 2.45) is 10.7 Å². The summed E-state index contributed by atoms with van der Waals surface area (Å²) in [5.74, 6) is -0.0582. The summed E-state index contributed by atoms with van der Waals surface area (Å²) in [5, 5.41) is 5.56. The first kappa shape index (κ1) is 29.9. The lowest BCUT2D eigenvalue weighted by Gasteiger charge is -2.12. The van der Waals surface area contributed by atoms with E-state index in [1.54, 1.807) is 31.4 Å². The monoisotopic (exact) mass is 556 g/mol. The van der Waals surface area contributed by atoms with E-state index >= 15 is 0 Å². The Morgan fingerprint density at radius 1 is 0.800 bits per heavy atom. The summed E-state index contributed by atoms with van der Waals surface area (Å²) in [7, 11) is 1.56. The lowest BCUT2D eigenvalue weighted by Crippen LogP contribution is -2.36. The van der Waals surface area contributed by atoms with Crippen LogP contribution in [0, 0.1) is 20.8 Å². The number of nitrogens with zero attached hydrogens (tertiary/aromatic N) is 1. The van der Waals surface area contributed by atoms with Crippen molar-refractivity contribution in [3.63, 3.8) is 0 Å². The van der Waals surface area contributed by atoms with Gasteiger partial charge in [0.1, 0.15) is 5.75 Å². The van der Waals surface area contributed by atoms with E-state index < -0.39 is 5.91 Å². The van der Waals surface area contributed by atoms with Crippen LogP contribution in [0.1, 0.15) is 48.5 Å². The van der Waals surface area contributed by atoms with Crippen LogP contribution in [0.4, 0.5) is 11.4 Å². The number of aryl methyl sites for hydroxylation is 2. The van der Waals surface area contributed by atoms with E-state index in [1.807, 2.05) is 69.3 Å². The van der Waals surface area contributed by atoms with Gasteiger partial charge in [-0.25, -0.2) is 4.99 Å². The molecule has 4 rings (SSSR count). The van der Waals surface area contributed by atoms with E-state index in [1.165, 1.54) is 5.56 Å². The first-order chi connectivity index (χ1) is 18.7. The topological polar surface area (TPSA) is 106 Å². The lowest BCUT2D eigenvalue weighted by atomic mass is 10.0. The molecule has 4 N–H and O–H groups in total. The van der Waals surface area contributed by atoms with Gasteiger partial charge >= 0.3 is 0 Å². The third-order valence-electron chi connectivity index (χ3n) is 6.53. The molecule has 0 aliphatic carbocycles. The van der Waals surface area contributed by atoms with Crippen LogP contribution in [0.5, 0.6) is 5.75 Å². The number of carbonyl (C=O) groups excluding carboxylic acids is 2. The Morgan fingerprint density at radius 2 is 1.48 bits per heavy atom. The second-order valence-corrected chi connectivity index (χ2v) is 9.38. The molecule has 0 aliphatic rings. The van der Waals surface area contributed by atoms with Gasteiger partial charge in [0.05, 0.1) is 12.8 Å². The van der Waals surface area contributed by atoms with Crippen LogP contribution in [0.25, 0.3) is 0 Å². The highest BCUT2D eigenvalue weighted by Crippen LogP contribution is 2.25. The molecule has 0 atom stereocenters. The van der Waals surface area contributed by atoms with Gasteiger partial charge in [0.25, 0.3) is 11.8 Å². The van der Waals surface area contributed by atoms with Crippen molar-refractivity contribution in [3.05, 3.63) is 124 Å². The first-order valence-corrected chi connectivity index (χ1v) is 12.6. The highest BCUT2D eigenvalue weighted by Gasteiger charge is 2.13. The highest BCUT2D eigenvalue weighted by molar-refractivity contribution is 6.07. The van der Waals surface area contributed by atoms with Gasteiger partial charge in [-0.1, -0.05) is 48.5 Å². The number of carbonyl (C=O) groups is 2. The number of guanidine groups is 1. The molecular formula is C32H33ClN4O3. The number of aliphatic imine (C=N–C) groups is 1. The zero-order valence-corrected chi connectivity index (χ0v) is 23.8. The van der Waals surface area contributed by atoms with E-state index in [9.17, 15) is 9.59 Å². The molecule has 8 heteroatoms. The van der Waals surface area contributed by atoms with Crippen LogP contribution < -0.4 is 21.1 Å². The van der Waals surface area contributed by atoms with Crippen LogP contribution >= 0.6 is 12.4 Å². The molecule has 206 valence electrons. The predicted octanol–water partition coefficient (Wildman–Crippen LogP) is 6.26. The summed E-state index contributed by atoms with van der Waals surface area (Å²) in [6.45, 7) is 5.73. The normalized spacial score (nSPS) is 10.8. The Kier molecular flexibility index (Phi) is 10.1. The zero-order valence-electron chi connectivity index (χ0n) is 22.9. The Morgan fingerprint density at radius 3 is 2.15 bits per heavy atom. The number of halogens is 1. The first-order valence-electron chi connectivity index (χ1n) is 12.6. The van der Waals surface area contributed by atoms with Crippen LogP contribution in [0.15, 0.2) is 89.9 Å². The third kappa shape index (κ3) is 7.48. The molecular weight excluding hydrogens is 524 g/mol. The van der Waals surface area contributed by atoms with E-state index in [2.05, 4.69) is 27.8 Å². The van der Waals surface area contributed by atoms with Crippen molar-refractivity contribution in [1.82, 2.24) is 5.32 Å². The van der Waals surface area contributed by atoms with Gasteiger partial charge in [-0.05, 0) is 91.4 Å². The number of anilines is 1. The molecule has 7 nitrogen and oxygen atoms in total. The Bertz CT molecular complexity index is 1530. The van der Waals surface area contributed by atoms with Crippen LogP contribution in [-0.4, -0.2) is 24.9 Å². The number of amides is 2. The van der Waals surface area contributed by atoms with Crippen LogP contribution in [-0.2, 0) is 6.42 Å². The minimum atomic E-state index is -0.394. The SMILES string of the molecule is COc1cc(C(=O)NC(N)=Nc2ccc(C)c(NC(=O)c3ccc(Cc4ccccc4)cc3)c2)cc(C)c1C.Cl.